The molecule has 7 nitrogen and oxygen atoms in total. The maximum absolute atomic E-state index is 13.1. The number of hydrogen-bond donors (Lipinski definition) is 0. The van der Waals surface area contributed by atoms with Crippen LogP contribution in [0.15, 0.2) is 47.2 Å². The van der Waals surface area contributed by atoms with Gasteiger partial charge in [-0.25, -0.2) is 4.68 Å². The van der Waals surface area contributed by atoms with E-state index in [0.29, 0.717) is 40.1 Å². The number of methoxy groups -OCH3 is 1. The highest BCUT2D eigenvalue weighted by molar-refractivity contribution is 5.62. The fourth-order valence-corrected chi connectivity index (χ4v) is 3.31. The average molecular weight is 429 g/mol. The Kier molecular flexibility index (Phi) is 5.22. The molecule has 4 aromatic rings. The first-order chi connectivity index (χ1) is 14.8. The van der Waals surface area contributed by atoms with E-state index in [9.17, 15) is 13.2 Å². The molecule has 0 radical (unpaired) electrons. The van der Waals surface area contributed by atoms with Crippen molar-refractivity contribution in [3.05, 3.63) is 71.1 Å². The van der Waals surface area contributed by atoms with Crippen molar-refractivity contribution in [1.82, 2.24) is 24.9 Å². The van der Waals surface area contributed by atoms with Gasteiger partial charge in [-0.15, -0.1) is 0 Å². The highest BCUT2D eigenvalue weighted by Crippen LogP contribution is 2.31. The van der Waals surface area contributed by atoms with E-state index in [1.807, 2.05) is 0 Å². The molecule has 0 spiro atoms. The van der Waals surface area contributed by atoms with E-state index in [0.717, 1.165) is 17.7 Å². The standard InChI is InChI=1S/C21H18F3N5O2/c1-12-17(10-19-26-20(28-31-19)16-7-8-25-11-18(16)30-3)13(2)29(27-12)15-6-4-5-14(9-15)21(22,23)24/h4-9,11H,10H2,1-3H3. The summed E-state index contributed by atoms with van der Waals surface area (Å²) in [5, 5.41) is 8.43. The van der Waals surface area contributed by atoms with Crippen molar-refractivity contribution in [2.45, 2.75) is 26.4 Å². The molecule has 3 heterocycles. The Bertz CT molecular complexity index is 1230. The van der Waals surface area contributed by atoms with Crippen molar-refractivity contribution in [3.8, 4) is 22.8 Å². The van der Waals surface area contributed by atoms with Crippen LogP contribution in [-0.4, -0.2) is 32.0 Å². The highest BCUT2D eigenvalue weighted by atomic mass is 19.4. The summed E-state index contributed by atoms with van der Waals surface area (Å²) >= 11 is 0. The summed E-state index contributed by atoms with van der Waals surface area (Å²) in [4.78, 5) is 8.42. The lowest BCUT2D eigenvalue weighted by Gasteiger charge is -2.10. The Morgan fingerprint density at radius 1 is 1.16 bits per heavy atom. The minimum absolute atomic E-state index is 0.289. The first-order valence-electron chi connectivity index (χ1n) is 9.31. The van der Waals surface area contributed by atoms with Crippen molar-refractivity contribution in [2.24, 2.45) is 0 Å². The largest absolute Gasteiger partial charge is 0.494 e. The number of benzene rings is 1. The van der Waals surface area contributed by atoms with Gasteiger partial charge in [0.2, 0.25) is 11.7 Å². The number of pyridine rings is 1. The van der Waals surface area contributed by atoms with Crippen molar-refractivity contribution < 1.29 is 22.4 Å². The molecule has 160 valence electrons. The number of rotatable bonds is 5. The first kappa shape index (κ1) is 20.6. The topological polar surface area (TPSA) is 78.9 Å². The summed E-state index contributed by atoms with van der Waals surface area (Å²) in [7, 11) is 1.52. The van der Waals surface area contributed by atoms with E-state index in [-0.39, 0.29) is 6.42 Å². The summed E-state index contributed by atoms with van der Waals surface area (Å²) in [6, 6.07) is 6.77. The SMILES string of the molecule is COc1cnccc1-c1noc(Cc2c(C)nn(-c3cccc(C(F)(F)F)c3)c2C)n1. The van der Waals surface area contributed by atoms with Gasteiger partial charge in [-0.2, -0.15) is 23.3 Å². The molecule has 0 aliphatic heterocycles. The van der Waals surface area contributed by atoms with Crippen LogP contribution in [0.25, 0.3) is 17.1 Å². The van der Waals surface area contributed by atoms with E-state index >= 15 is 0 Å². The summed E-state index contributed by atoms with van der Waals surface area (Å²) in [6.07, 6.45) is -0.986. The normalized spacial score (nSPS) is 11.7. The molecule has 0 unspecified atom stereocenters. The van der Waals surface area contributed by atoms with Crippen LogP contribution in [0.1, 0.15) is 28.4 Å². The number of alkyl halides is 3. The van der Waals surface area contributed by atoms with Crippen molar-refractivity contribution in [1.29, 1.82) is 0 Å². The molecule has 0 bridgehead atoms. The Balaban J connectivity index is 1.65. The van der Waals surface area contributed by atoms with Crippen LogP contribution in [0, 0.1) is 13.8 Å². The number of ether oxygens (including phenoxy) is 1. The zero-order chi connectivity index (χ0) is 22.2. The molecule has 0 aliphatic carbocycles. The first-order valence-corrected chi connectivity index (χ1v) is 9.31. The van der Waals surface area contributed by atoms with Crippen molar-refractivity contribution in [2.75, 3.05) is 7.11 Å². The molecule has 0 saturated carbocycles. The molecule has 0 aliphatic rings. The van der Waals surface area contributed by atoms with Gasteiger partial charge in [-0.1, -0.05) is 11.2 Å². The van der Waals surface area contributed by atoms with Crippen molar-refractivity contribution >= 4 is 0 Å². The van der Waals surface area contributed by atoms with Crippen LogP contribution in [0.5, 0.6) is 5.75 Å². The predicted molar refractivity (Wildman–Crippen MR) is 105 cm³/mol. The lowest BCUT2D eigenvalue weighted by atomic mass is 10.1. The van der Waals surface area contributed by atoms with Crippen LogP contribution in [0.3, 0.4) is 0 Å². The van der Waals surface area contributed by atoms with E-state index in [1.54, 1.807) is 38.4 Å². The molecule has 0 atom stereocenters. The molecule has 0 saturated heterocycles. The second-order valence-electron chi connectivity index (χ2n) is 6.87. The summed E-state index contributed by atoms with van der Waals surface area (Å²) in [6.45, 7) is 3.58. The molecule has 0 N–H and O–H groups in total. The van der Waals surface area contributed by atoms with Gasteiger partial charge in [0.25, 0.3) is 0 Å². The second-order valence-corrected chi connectivity index (χ2v) is 6.87. The van der Waals surface area contributed by atoms with Gasteiger partial charge in [0, 0.05) is 17.5 Å². The molecule has 0 fully saturated rings. The third kappa shape index (κ3) is 4.00. The molecule has 3 aromatic heterocycles. The average Bonchev–Trinajstić information content (AvgIpc) is 3.33. The minimum atomic E-state index is -4.43. The Morgan fingerprint density at radius 2 is 1.97 bits per heavy atom. The van der Waals surface area contributed by atoms with Crippen LogP contribution in [-0.2, 0) is 12.6 Å². The Hall–Kier alpha value is -3.69. The van der Waals surface area contributed by atoms with E-state index in [1.165, 1.54) is 17.9 Å². The van der Waals surface area contributed by atoms with E-state index in [2.05, 4.69) is 20.2 Å². The molecule has 31 heavy (non-hydrogen) atoms. The lowest BCUT2D eigenvalue weighted by Crippen LogP contribution is -2.07. The van der Waals surface area contributed by atoms with Gasteiger partial charge in [0.1, 0.15) is 5.75 Å². The minimum Gasteiger partial charge on any atom is -0.494 e. The van der Waals surface area contributed by atoms with Gasteiger partial charge < -0.3 is 9.26 Å². The lowest BCUT2D eigenvalue weighted by molar-refractivity contribution is -0.137. The highest BCUT2D eigenvalue weighted by Gasteiger charge is 2.31. The van der Waals surface area contributed by atoms with Gasteiger partial charge in [0.15, 0.2) is 0 Å². The van der Waals surface area contributed by atoms with Crippen molar-refractivity contribution in [3.63, 3.8) is 0 Å². The fraction of sp³-hybridized carbons (Fsp3) is 0.238. The molecule has 0 amide bonds. The number of hydrogen-bond acceptors (Lipinski definition) is 6. The fourth-order valence-electron chi connectivity index (χ4n) is 3.31. The maximum atomic E-state index is 13.1. The van der Waals surface area contributed by atoms with E-state index in [4.69, 9.17) is 9.26 Å². The smallest absolute Gasteiger partial charge is 0.416 e. The summed E-state index contributed by atoms with van der Waals surface area (Å²) < 4.78 is 51.4. The van der Waals surface area contributed by atoms with Gasteiger partial charge in [0.05, 0.1) is 42.2 Å². The third-order valence-corrected chi connectivity index (χ3v) is 4.90. The van der Waals surface area contributed by atoms with Crippen LogP contribution >= 0.6 is 0 Å². The number of aromatic nitrogens is 5. The van der Waals surface area contributed by atoms with Crippen LogP contribution in [0.4, 0.5) is 13.2 Å². The summed E-state index contributed by atoms with van der Waals surface area (Å²) in [5.74, 6) is 1.22. The zero-order valence-electron chi connectivity index (χ0n) is 16.9. The molecular formula is C21H18F3N5O2. The monoisotopic (exact) mass is 429 g/mol. The third-order valence-electron chi connectivity index (χ3n) is 4.90. The second kappa shape index (κ2) is 7.86. The Morgan fingerprint density at radius 3 is 2.71 bits per heavy atom. The number of halogens is 3. The number of aryl methyl sites for hydroxylation is 1. The van der Waals surface area contributed by atoms with Gasteiger partial charge in [-0.05, 0) is 38.1 Å². The predicted octanol–water partition coefficient (Wildman–Crippen LogP) is 4.55. The van der Waals surface area contributed by atoms with Crippen LogP contribution < -0.4 is 4.74 Å². The quantitative estimate of drug-likeness (QED) is 0.463. The molecule has 4 rings (SSSR count). The number of nitrogens with zero attached hydrogens (tertiary/aromatic N) is 5. The summed E-state index contributed by atoms with van der Waals surface area (Å²) in [5.41, 5.74) is 2.39. The zero-order valence-corrected chi connectivity index (χ0v) is 16.9. The Labute approximate surface area is 175 Å². The van der Waals surface area contributed by atoms with E-state index < -0.39 is 11.7 Å². The maximum Gasteiger partial charge on any atom is 0.416 e. The van der Waals surface area contributed by atoms with Gasteiger partial charge >= 0.3 is 6.18 Å². The molecule has 1 aromatic carbocycles. The molecule has 10 heteroatoms. The molecular weight excluding hydrogens is 411 g/mol. The van der Waals surface area contributed by atoms with Crippen LogP contribution in [0.2, 0.25) is 0 Å². The van der Waals surface area contributed by atoms with Gasteiger partial charge in [-0.3, -0.25) is 4.98 Å².